The van der Waals surface area contributed by atoms with Gasteiger partial charge < -0.3 is 14.6 Å². The number of hydrogen-bond donors (Lipinski definition) is 1. The maximum Gasteiger partial charge on any atom is 0.122 e. The number of nitrogens with zero attached hydrogens (tertiary/aromatic N) is 2. The van der Waals surface area contributed by atoms with E-state index in [0.717, 1.165) is 24.4 Å². The van der Waals surface area contributed by atoms with Crippen LogP contribution in [0.25, 0.3) is 0 Å². The zero-order chi connectivity index (χ0) is 13.7. The van der Waals surface area contributed by atoms with E-state index in [2.05, 4.69) is 20.9 Å². The average molecular weight is 259 g/mol. The van der Waals surface area contributed by atoms with Crippen molar-refractivity contribution in [1.82, 2.24) is 14.9 Å². The van der Waals surface area contributed by atoms with Crippen molar-refractivity contribution < 1.29 is 4.74 Å². The monoisotopic (exact) mass is 259 g/mol. The van der Waals surface area contributed by atoms with Gasteiger partial charge in [-0.3, -0.25) is 0 Å². The Hall–Kier alpha value is -1.81. The van der Waals surface area contributed by atoms with Gasteiger partial charge in [0.2, 0.25) is 0 Å². The first-order valence-electron chi connectivity index (χ1n) is 6.50. The maximum absolute atomic E-state index is 5.40. The van der Waals surface area contributed by atoms with Crippen LogP contribution in [0.5, 0.6) is 5.75 Å². The highest BCUT2D eigenvalue weighted by Gasteiger charge is 2.13. The number of methoxy groups -OCH3 is 1. The number of nitrogens with one attached hydrogen (secondary N) is 1. The van der Waals surface area contributed by atoms with Crippen LogP contribution in [0.15, 0.2) is 36.7 Å². The molecule has 0 saturated carbocycles. The summed E-state index contributed by atoms with van der Waals surface area (Å²) in [7, 11) is 5.73. The van der Waals surface area contributed by atoms with E-state index in [9.17, 15) is 0 Å². The number of likely N-dealkylation sites (N-methyl/N-ethyl adjacent to an activating group) is 1. The Labute approximate surface area is 114 Å². The zero-order valence-electron chi connectivity index (χ0n) is 11.8. The Morgan fingerprint density at radius 3 is 2.74 bits per heavy atom. The van der Waals surface area contributed by atoms with Crippen molar-refractivity contribution in [1.29, 1.82) is 0 Å². The molecule has 4 nitrogen and oxygen atoms in total. The standard InChI is InChI=1S/C15H21N3O/c1-16-13(11-15-17-8-9-18(15)2)10-12-6-4-5-7-14(12)19-3/h4-9,13,16H,10-11H2,1-3H3. The molecule has 0 aliphatic rings. The molecule has 0 bridgehead atoms. The lowest BCUT2D eigenvalue weighted by Gasteiger charge is -2.17. The molecular formula is C15H21N3O. The number of hydrogen-bond acceptors (Lipinski definition) is 3. The molecule has 19 heavy (non-hydrogen) atoms. The summed E-state index contributed by atoms with van der Waals surface area (Å²) in [6.07, 6.45) is 5.64. The van der Waals surface area contributed by atoms with E-state index in [1.807, 2.05) is 44.7 Å². The summed E-state index contributed by atoms with van der Waals surface area (Å²) >= 11 is 0. The van der Waals surface area contributed by atoms with Gasteiger partial charge in [0, 0.05) is 31.9 Å². The number of para-hydroxylation sites is 1. The lowest BCUT2D eigenvalue weighted by Crippen LogP contribution is -2.31. The third-order valence-corrected chi connectivity index (χ3v) is 3.42. The second kappa shape index (κ2) is 6.38. The molecule has 1 aromatic heterocycles. The van der Waals surface area contributed by atoms with Crippen molar-refractivity contribution in [2.75, 3.05) is 14.2 Å². The highest BCUT2D eigenvalue weighted by Crippen LogP contribution is 2.19. The summed E-state index contributed by atoms with van der Waals surface area (Å²) in [5.41, 5.74) is 1.22. The molecule has 2 aromatic rings. The smallest absolute Gasteiger partial charge is 0.122 e. The first-order valence-corrected chi connectivity index (χ1v) is 6.50. The van der Waals surface area contributed by atoms with Crippen LogP contribution in [-0.2, 0) is 19.9 Å². The van der Waals surface area contributed by atoms with Crippen molar-refractivity contribution in [3.8, 4) is 5.75 Å². The van der Waals surface area contributed by atoms with Gasteiger partial charge in [-0.05, 0) is 25.1 Å². The minimum Gasteiger partial charge on any atom is -0.496 e. The molecule has 1 aromatic carbocycles. The van der Waals surface area contributed by atoms with Gasteiger partial charge >= 0.3 is 0 Å². The van der Waals surface area contributed by atoms with Gasteiger partial charge in [0.1, 0.15) is 11.6 Å². The Morgan fingerprint density at radius 1 is 1.32 bits per heavy atom. The van der Waals surface area contributed by atoms with Crippen LogP contribution in [0, 0.1) is 0 Å². The highest BCUT2D eigenvalue weighted by molar-refractivity contribution is 5.34. The maximum atomic E-state index is 5.40. The van der Waals surface area contributed by atoms with E-state index in [1.54, 1.807) is 7.11 Å². The molecule has 0 amide bonds. The number of rotatable bonds is 6. The van der Waals surface area contributed by atoms with Crippen molar-refractivity contribution in [3.63, 3.8) is 0 Å². The largest absolute Gasteiger partial charge is 0.496 e. The first-order chi connectivity index (χ1) is 9.24. The fraction of sp³-hybridized carbons (Fsp3) is 0.400. The molecule has 102 valence electrons. The minimum absolute atomic E-state index is 0.345. The summed E-state index contributed by atoms with van der Waals surface area (Å²) < 4.78 is 7.46. The third-order valence-electron chi connectivity index (χ3n) is 3.42. The lowest BCUT2D eigenvalue weighted by atomic mass is 10.0. The Morgan fingerprint density at radius 2 is 2.11 bits per heavy atom. The van der Waals surface area contributed by atoms with Gasteiger partial charge in [-0.15, -0.1) is 0 Å². The third kappa shape index (κ3) is 3.35. The average Bonchev–Trinajstić information content (AvgIpc) is 2.84. The molecule has 2 rings (SSSR count). The Bertz CT molecular complexity index is 522. The molecule has 1 atom stereocenters. The number of aryl methyl sites for hydroxylation is 1. The Kier molecular flexibility index (Phi) is 4.58. The van der Waals surface area contributed by atoms with Crippen molar-refractivity contribution in [2.45, 2.75) is 18.9 Å². The summed E-state index contributed by atoms with van der Waals surface area (Å²) in [4.78, 5) is 4.38. The molecule has 0 saturated heterocycles. The minimum atomic E-state index is 0.345. The van der Waals surface area contributed by atoms with E-state index >= 15 is 0 Å². The normalized spacial score (nSPS) is 12.4. The molecule has 0 fully saturated rings. The van der Waals surface area contributed by atoms with E-state index in [4.69, 9.17) is 4.74 Å². The SMILES string of the molecule is CNC(Cc1ccccc1OC)Cc1nccn1C. The van der Waals surface area contributed by atoms with Crippen molar-refractivity contribution in [3.05, 3.63) is 48.0 Å². The molecule has 0 aliphatic heterocycles. The van der Waals surface area contributed by atoms with E-state index in [1.165, 1.54) is 5.56 Å². The van der Waals surface area contributed by atoms with Gasteiger partial charge in [0.25, 0.3) is 0 Å². The highest BCUT2D eigenvalue weighted by atomic mass is 16.5. The van der Waals surface area contributed by atoms with Gasteiger partial charge in [-0.25, -0.2) is 4.98 Å². The second-order valence-electron chi connectivity index (χ2n) is 4.66. The molecule has 1 heterocycles. The zero-order valence-corrected chi connectivity index (χ0v) is 11.8. The molecule has 1 N–H and O–H groups in total. The molecule has 1 unspecified atom stereocenters. The van der Waals surface area contributed by atoms with Crippen LogP contribution in [0.1, 0.15) is 11.4 Å². The number of aromatic nitrogens is 2. The van der Waals surface area contributed by atoms with Crippen LogP contribution >= 0.6 is 0 Å². The topological polar surface area (TPSA) is 39.1 Å². The van der Waals surface area contributed by atoms with Crippen molar-refractivity contribution in [2.24, 2.45) is 7.05 Å². The fourth-order valence-electron chi connectivity index (χ4n) is 2.23. The second-order valence-corrected chi connectivity index (χ2v) is 4.66. The molecule has 4 heteroatoms. The predicted octanol–water partition coefficient (Wildman–Crippen LogP) is 1.80. The lowest BCUT2D eigenvalue weighted by molar-refractivity contribution is 0.405. The van der Waals surface area contributed by atoms with Gasteiger partial charge in [-0.2, -0.15) is 0 Å². The predicted molar refractivity (Wildman–Crippen MR) is 76.5 cm³/mol. The summed E-state index contributed by atoms with van der Waals surface area (Å²) in [5, 5.41) is 3.36. The molecular weight excluding hydrogens is 238 g/mol. The molecule has 0 aliphatic carbocycles. The summed E-state index contributed by atoms with van der Waals surface area (Å²) in [6, 6.07) is 8.50. The number of imidazole rings is 1. The fourth-order valence-corrected chi connectivity index (χ4v) is 2.23. The van der Waals surface area contributed by atoms with Crippen LogP contribution < -0.4 is 10.1 Å². The van der Waals surface area contributed by atoms with E-state index in [-0.39, 0.29) is 0 Å². The number of benzene rings is 1. The first kappa shape index (κ1) is 13.6. The number of ether oxygens (including phenoxy) is 1. The van der Waals surface area contributed by atoms with Crippen LogP contribution in [0.4, 0.5) is 0 Å². The summed E-state index contributed by atoms with van der Waals surface area (Å²) in [5.74, 6) is 2.04. The van der Waals surface area contributed by atoms with Crippen LogP contribution in [-0.4, -0.2) is 29.8 Å². The quantitative estimate of drug-likeness (QED) is 0.860. The van der Waals surface area contributed by atoms with Crippen LogP contribution in [0.2, 0.25) is 0 Å². The van der Waals surface area contributed by atoms with Gasteiger partial charge in [0.15, 0.2) is 0 Å². The van der Waals surface area contributed by atoms with Gasteiger partial charge in [-0.1, -0.05) is 18.2 Å². The summed E-state index contributed by atoms with van der Waals surface area (Å²) in [6.45, 7) is 0. The van der Waals surface area contributed by atoms with Gasteiger partial charge in [0.05, 0.1) is 7.11 Å². The molecule has 0 radical (unpaired) electrons. The van der Waals surface area contributed by atoms with E-state index in [0.29, 0.717) is 6.04 Å². The van der Waals surface area contributed by atoms with Crippen LogP contribution in [0.3, 0.4) is 0 Å². The van der Waals surface area contributed by atoms with Crippen molar-refractivity contribution >= 4 is 0 Å². The Balaban J connectivity index is 2.09. The molecule has 0 spiro atoms. The van der Waals surface area contributed by atoms with E-state index < -0.39 is 0 Å².